The Morgan fingerprint density at radius 3 is 2.89 bits per heavy atom. The number of carbonyl (C=O) groups excluding carboxylic acids is 1. The van der Waals surface area contributed by atoms with Crippen LogP contribution >= 0.6 is 11.8 Å². The van der Waals surface area contributed by atoms with Crippen molar-refractivity contribution in [2.24, 2.45) is 0 Å². The van der Waals surface area contributed by atoms with E-state index in [-0.39, 0.29) is 16.5 Å². The standard InChI is InChI=1S/C14H20N2OS/c1-10-5-4-6-12(9-10)14-16(8-7-15-3)13(17)11(2)18-14/h4-6,9,11,14-15H,7-8H2,1-3H3/t11-,14+/m1/s1. The van der Waals surface area contributed by atoms with Crippen LogP contribution in [0.25, 0.3) is 0 Å². The van der Waals surface area contributed by atoms with Gasteiger partial charge in [0.25, 0.3) is 0 Å². The summed E-state index contributed by atoms with van der Waals surface area (Å²) in [5, 5.41) is 3.34. The highest BCUT2D eigenvalue weighted by Gasteiger charge is 2.37. The summed E-state index contributed by atoms with van der Waals surface area (Å²) < 4.78 is 0. The minimum Gasteiger partial charge on any atom is -0.324 e. The van der Waals surface area contributed by atoms with Crippen molar-refractivity contribution in [1.82, 2.24) is 10.2 Å². The lowest BCUT2D eigenvalue weighted by Crippen LogP contribution is -2.35. The quantitative estimate of drug-likeness (QED) is 0.904. The van der Waals surface area contributed by atoms with Gasteiger partial charge >= 0.3 is 0 Å². The molecule has 0 radical (unpaired) electrons. The first kappa shape index (κ1) is 13.4. The number of thioether (sulfide) groups is 1. The molecule has 0 aromatic heterocycles. The van der Waals surface area contributed by atoms with Gasteiger partial charge in [-0.15, -0.1) is 11.8 Å². The highest BCUT2D eigenvalue weighted by Crippen LogP contribution is 2.42. The maximum absolute atomic E-state index is 12.2. The summed E-state index contributed by atoms with van der Waals surface area (Å²) in [6.07, 6.45) is 0. The van der Waals surface area contributed by atoms with E-state index in [2.05, 4.69) is 36.5 Å². The van der Waals surface area contributed by atoms with Gasteiger partial charge < -0.3 is 10.2 Å². The zero-order valence-corrected chi connectivity index (χ0v) is 12.0. The van der Waals surface area contributed by atoms with Crippen LogP contribution in [0.5, 0.6) is 0 Å². The number of nitrogens with one attached hydrogen (secondary N) is 1. The van der Waals surface area contributed by atoms with Crippen LogP contribution in [0, 0.1) is 6.92 Å². The molecular formula is C14H20N2OS. The number of aryl methyl sites for hydroxylation is 1. The van der Waals surface area contributed by atoms with Crippen LogP contribution in [-0.4, -0.2) is 36.2 Å². The molecule has 0 aliphatic carbocycles. The zero-order valence-electron chi connectivity index (χ0n) is 11.1. The molecule has 1 aromatic carbocycles. The van der Waals surface area contributed by atoms with E-state index in [1.165, 1.54) is 11.1 Å². The topological polar surface area (TPSA) is 32.3 Å². The van der Waals surface area contributed by atoms with E-state index in [1.54, 1.807) is 11.8 Å². The molecule has 1 heterocycles. The van der Waals surface area contributed by atoms with Crippen LogP contribution in [0.4, 0.5) is 0 Å². The van der Waals surface area contributed by atoms with Gasteiger partial charge in [0.1, 0.15) is 5.37 Å². The fraction of sp³-hybridized carbons (Fsp3) is 0.500. The molecule has 1 fully saturated rings. The summed E-state index contributed by atoms with van der Waals surface area (Å²) in [6, 6.07) is 8.44. The molecule has 1 amide bonds. The molecule has 2 atom stereocenters. The molecule has 0 spiro atoms. The molecule has 98 valence electrons. The van der Waals surface area contributed by atoms with E-state index >= 15 is 0 Å². The first-order valence-electron chi connectivity index (χ1n) is 6.30. The molecule has 1 N–H and O–H groups in total. The Labute approximate surface area is 113 Å². The Hall–Kier alpha value is -1.00. The largest absolute Gasteiger partial charge is 0.324 e. The molecule has 3 nitrogen and oxygen atoms in total. The van der Waals surface area contributed by atoms with E-state index < -0.39 is 0 Å². The van der Waals surface area contributed by atoms with Gasteiger partial charge in [0, 0.05) is 13.1 Å². The Balaban J connectivity index is 2.22. The molecule has 0 unspecified atom stereocenters. The fourth-order valence-electron chi connectivity index (χ4n) is 2.22. The SMILES string of the molecule is CNCCN1C(=O)[C@@H](C)S[C@H]1c1cccc(C)c1. The summed E-state index contributed by atoms with van der Waals surface area (Å²) in [4.78, 5) is 14.1. The molecule has 2 rings (SSSR count). The van der Waals surface area contributed by atoms with Crippen molar-refractivity contribution in [3.8, 4) is 0 Å². The van der Waals surface area contributed by atoms with Crippen LogP contribution in [0.2, 0.25) is 0 Å². The van der Waals surface area contributed by atoms with Gasteiger partial charge in [0.15, 0.2) is 0 Å². The van der Waals surface area contributed by atoms with Gasteiger partial charge in [0.2, 0.25) is 5.91 Å². The average Bonchev–Trinajstić information content (AvgIpc) is 2.64. The van der Waals surface area contributed by atoms with Crippen LogP contribution < -0.4 is 5.32 Å². The summed E-state index contributed by atoms with van der Waals surface area (Å²) in [5.41, 5.74) is 2.47. The van der Waals surface area contributed by atoms with Crippen LogP contribution in [0.1, 0.15) is 23.4 Å². The Morgan fingerprint density at radius 2 is 2.22 bits per heavy atom. The second-order valence-electron chi connectivity index (χ2n) is 4.68. The van der Waals surface area contributed by atoms with Crippen molar-refractivity contribution in [2.75, 3.05) is 20.1 Å². The molecule has 0 bridgehead atoms. The Bertz CT molecular complexity index is 436. The minimum absolute atomic E-state index is 0.0624. The van der Waals surface area contributed by atoms with Gasteiger partial charge in [0.05, 0.1) is 5.25 Å². The number of rotatable bonds is 4. The zero-order chi connectivity index (χ0) is 13.1. The van der Waals surface area contributed by atoms with Crippen LogP contribution in [-0.2, 0) is 4.79 Å². The normalized spacial score (nSPS) is 23.7. The van der Waals surface area contributed by atoms with Crippen molar-refractivity contribution < 1.29 is 4.79 Å². The lowest BCUT2D eigenvalue weighted by Gasteiger charge is -2.24. The number of nitrogens with zero attached hydrogens (tertiary/aromatic N) is 1. The van der Waals surface area contributed by atoms with E-state index in [1.807, 2.05) is 18.9 Å². The molecule has 18 heavy (non-hydrogen) atoms. The number of hydrogen-bond donors (Lipinski definition) is 1. The molecule has 4 heteroatoms. The van der Waals surface area contributed by atoms with Crippen molar-refractivity contribution >= 4 is 17.7 Å². The summed E-state index contributed by atoms with van der Waals surface area (Å²) in [5.74, 6) is 0.252. The number of likely N-dealkylation sites (N-methyl/N-ethyl adjacent to an activating group) is 1. The predicted octanol–water partition coefficient (Wildman–Crippen LogP) is 2.18. The van der Waals surface area contributed by atoms with Gasteiger partial charge in [-0.3, -0.25) is 4.79 Å². The van der Waals surface area contributed by atoms with Crippen molar-refractivity contribution in [2.45, 2.75) is 24.5 Å². The lowest BCUT2D eigenvalue weighted by molar-refractivity contribution is -0.129. The fourth-order valence-corrected chi connectivity index (χ4v) is 3.51. The van der Waals surface area contributed by atoms with Gasteiger partial charge in [-0.05, 0) is 26.5 Å². The third-order valence-corrected chi connectivity index (χ3v) is 4.57. The molecule has 1 aromatic rings. The van der Waals surface area contributed by atoms with Crippen LogP contribution in [0.3, 0.4) is 0 Å². The van der Waals surface area contributed by atoms with E-state index in [9.17, 15) is 4.79 Å². The number of amides is 1. The molecular weight excluding hydrogens is 244 g/mol. The third-order valence-electron chi connectivity index (χ3n) is 3.18. The van der Waals surface area contributed by atoms with Crippen molar-refractivity contribution in [3.63, 3.8) is 0 Å². The maximum atomic E-state index is 12.2. The van der Waals surface area contributed by atoms with Crippen molar-refractivity contribution in [1.29, 1.82) is 0 Å². The van der Waals surface area contributed by atoms with Crippen LogP contribution in [0.15, 0.2) is 24.3 Å². The van der Waals surface area contributed by atoms with E-state index in [0.717, 1.165) is 13.1 Å². The van der Waals surface area contributed by atoms with Gasteiger partial charge in [-0.25, -0.2) is 0 Å². The van der Waals surface area contributed by atoms with Crippen molar-refractivity contribution in [3.05, 3.63) is 35.4 Å². The third kappa shape index (κ3) is 2.70. The lowest BCUT2D eigenvalue weighted by atomic mass is 10.1. The molecule has 1 aliphatic heterocycles. The minimum atomic E-state index is 0.0624. The average molecular weight is 264 g/mol. The van der Waals surface area contributed by atoms with E-state index in [0.29, 0.717) is 0 Å². The number of hydrogen-bond acceptors (Lipinski definition) is 3. The predicted molar refractivity (Wildman–Crippen MR) is 76.6 cm³/mol. The Kier molecular flexibility index (Phi) is 4.30. The molecule has 1 saturated heterocycles. The summed E-state index contributed by atoms with van der Waals surface area (Å²) in [6.45, 7) is 5.69. The summed E-state index contributed by atoms with van der Waals surface area (Å²) in [7, 11) is 1.92. The van der Waals surface area contributed by atoms with Gasteiger partial charge in [-0.2, -0.15) is 0 Å². The molecule has 1 aliphatic rings. The summed E-state index contributed by atoms with van der Waals surface area (Å²) >= 11 is 1.74. The second-order valence-corrected chi connectivity index (χ2v) is 6.11. The highest BCUT2D eigenvalue weighted by atomic mass is 32.2. The highest BCUT2D eigenvalue weighted by molar-refractivity contribution is 8.01. The Morgan fingerprint density at radius 1 is 1.44 bits per heavy atom. The smallest absolute Gasteiger partial charge is 0.236 e. The first-order chi connectivity index (χ1) is 8.63. The number of benzene rings is 1. The van der Waals surface area contributed by atoms with E-state index in [4.69, 9.17) is 0 Å². The van der Waals surface area contributed by atoms with Gasteiger partial charge in [-0.1, -0.05) is 29.8 Å². The monoisotopic (exact) mass is 264 g/mol. The molecule has 0 saturated carbocycles. The maximum Gasteiger partial charge on any atom is 0.236 e. The number of carbonyl (C=O) groups is 1. The first-order valence-corrected chi connectivity index (χ1v) is 7.25. The second kappa shape index (κ2) is 5.76.